The van der Waals surface area contributed by atoms with Crippen LogP contribution >= 0.6 is 12.2 Å². The fraction of sp³-hybridized carbons (Fsp3) is 0.667. The molecule has 1 saturated heterocycles. The van der Waals surface area contributed by atoms with E-state index in [1.165, 1.54) is 19.3 Å². The highest BCUT2D eigenvalue weighted by Gasteiger charge is 2.35. The molecule has 4 atom stereocenters. The molecule has 1 amide bonds. The average Bonchev–Trinajstić information content (AvgIpc) is 2.68. The van der Waals surface area contributed by atoms with Gasteiger partial charge in [-0.25, -0.2) is 0 Å². The number of carbonyl (C=O) groups is 1. The van der Waals surface area contributed by atoms with E-state index in [9.17, 15) is 9.59 Å². The lowest BCUT2D eigenvalue weighted by molar-refractivity contribution is -0.121. The molecule has 0 aromatic carbocycles. The largest absolute Gasteiger partial charge is 0.354 e. The van der Waals surface area contributed by atoms with Crippen molar-refractivity contribution in [1.29, 1.82) is 0 Å². The first-order valence-electron chi connectivity index (χ1n) is 10.5. The SMILES string of the molecule is C[C@H]1CCCC[C@H]1NC(=O)CNC(=S)N1C[C@H]2C[C@@H](C1)c1cccc(=O)n1C2. The van der Waals surface area contributed by atoms with Gasteiger partial charge in [0.15, 0.2) is 5.11 Å². The molecule has 28 heavy (non-hydrogen) atoms. The summed E-state index contributed by atoms with van der Waals surface area (Å²) in [7, 11) is 0. The Morgan fingerprint density at radius 3 is 2.86 bits per heavy atom. The zero-order valence-corrected chi connectivity index (χ0v) is 17.3. The number of nitrogens with one attached hydrogen (secondary N) is 2. The Morgan fingerprint density at radius 1 is 1.21 bits per heavy atom. The minimum Gasteiger partial charge on any atom is -0.354 e. The zero-order valence-electron chi connectivity index (χ0n) is 16.5. The van der Waals surface area contributed by atoms with Crippen LogP contribution in [0.5, 0.6) is 0 Å². The first-order valence-corrected chi connectivity index (χ1v) is 10.9. The van der Waals surface area contributed by atoms with Crippen LogP contribution in [0.25, 0.3) is 0 Å². The molecule has 0 radical (unpaired) electrons. The van der Waals surface area contributed by atoms with E-state index in [4.69, 9.17) is 12.2 Å². The predicted molar refractivity (Wildman–Crippen MR) is 113 cm³/mol. The summed E-state index contributed by atoms with van der Waals surface area (Å²) in [6.07, 6.45) is 5.83. The van der Waals surface area contributed by atoms with Crippen LogP contribution < -0.4 is 16.2 Å². The third-order valence-corrected chi connectivity index (χ3v) is 7.03. The van der Waals surface area contributed by atoms with Gasteiger partial charge in [0.2, 0.25) is 5.91 Å². The van der Waals surface area contributed by atoms with E-state index in [-0.39, 0.29) is 18.0 Å². The molecule has 1 aromatic heterocycles. The van der Waals surface area contributed by atoms with Gasteiger partial charge < -0.3 is 20.1 Å². The lowest BCUT2D eigenvalue weighted by Gasteiger charge is -2.43. The van der Waals surface area contributed by atoms with E-state index in [2.05, 4.69) is 28.5 Å². The monoisotopic (exact) mass is 402 g/mol. The highest BCUT2D eigenvalue weighted by molar-refractivity contribution is 7.80. The van der Waals surface area contributed by atoms with Crippen molar-refractivity contribution in [3.05, 3.63) is 34.2 Å². The quantitative estimate of drug-likeness (QED) is 0.756. The fourth-order valence-corrected chi connectivity index (χ4v) is 5.34. The van der Waals surface area contributed by atoms with Crippen LogP contribution in [0.1, 0.15) is 50.6 Å². The summed E-state index contributed by atoms with van der Waals surface area (Å²) in [5.41, 5.74) is 1.20. The van der Waals surface area contributed by atoms with Crippen molar-refractivity contribution in [2.75, 3.05) is 19.6 Å². The summed E-state index contributed by atoms with van der Waals surface area (Å²) in [5, 5.41) is 6.97. The zero-order chi connectivity index (χ0) is 19.7. The number of carbonyl (C=O) groups excluding carboxylic acids is 1. The van der Waals surface area contributed by atoms with Crippen molar-refractivity contribution in [1.82, 2.24) is 20.1 Å². The topological polar surface area (TPSA) is 66.4 Å². The number of hydrogen-bond donors (Lipinski definition) is 2. The van der Waals surface area contributed by atoms with Crippen LogP contribution in [0.15, 0.2) is 23.0 Å². The number of rotatable bonds is 3. The van der Waals surface area contributed by atoms with Crippen LogP contribution in [0, 0.1) is 11.8 Å². The number of piperidine rings is 1. The molecule has 4 rings (SSSR count). The van der Waals surface area contributed by atoms with E-state index < -0.39 is 0 Å². The van der Waals surface area contributed by atoms with E-state index in [1.54, 1.807) is 6.07 Å². The van der Waals surface area contributed by atoms with Crippen molar-refractivity contribution >= 4 is 23.2 Å². The number of hydrogen-bond acceptors (Lipinski definition) is 3. The molecule has 6 nitrogen and oxygen atoms in total. The fourth-order valence-electron chi connectivity index (χ4n) is 5.12. The highest BCUT2D eigenvalue weighted by atomic mass is 32.1. The van der Waals surface area contributed by atoms with Gasteiger partial charge in [-0.3, -0.25) is 9.59 Å². The molecule has 3 heterocycles. The van der Waals surface area contributed by atoms with Gasteiger partial charge in [-0.2, -0.15) is 0 Å². The summed E-state index contributed by atoms with van der Waals surface area (Å²) in [5.74, 6) is 1.31. The Kier molecular flexibility index (Phi) is 5.71. The third-order valence-electron chi connectivity index (χ3n) is 6.62. The molecule has 2 bridgehead atoms. The molecule has 0 spiro atoms. The Labute approximate surface area is 171 Å². The number of amides is 1. The smallest absolute Gasteiger partial charge is 0.250 e. The van der Waals surface area contributed by atoms with Gasteiger partial charge in [0, 0.05) is 43.4 Å². The number of fused-ring (bicyclic) bond motifs is 4. The lowest BCUT2D eigenvalue weighted by atomic mass is 9.83. The normalized spacial score (nSPS) is 29.0. The Bertz CT molecular complexity index is 808. The van der Waals surface area contributed by atoms with Gasteiger partial charge in [0.25, 0.3) is 5.56 Å². The van der Waals surface area contributed by atoms with Crippen molar-refractivity contribution in [2.45, 2.75) is 57.5 Å². The molecule has 3 aliphatic rings. The second-order valence-corrected chi connectivity index (χ2v) is 9.08. The summed E-state index contributed by atoms with van der Waals surface area (Å²) in [4.78, 5) is 26.7. The number of likely N-dealkylation sites (tertiary alicyclic amines) is 1. The molecule has 2 N–H and O–H groups in total. The van der Waals surface area contributed by atoms with Gasteiger partial charge >= 0.3 is 0 Å². The Balaban J connectivity index is 1.31. The number of pyridine rings is 1. The standard InChI is InChI=1S/C21H30N4O2S/c1-14-5-2-3-6-17(14)23-19(26)10-22-21(28)24-11-15-9-16(13-24)18-7-4-8-20(27)25(18)12-15/h4,7-8,14-17H,2-3,5-6,9-13H2,1H3,(H,22,28)(H,23,26)/t14-,15+,16-,17+/m0/s1. The summed E-state index contributed by atoms with van der Waals surface area (Å²) < 4.78 is 1.92. The molecular weight excluding hydrogens is 372 g/mol. The molecule has 2 aliphatic heterocycles. The highest BCUT2D eigenvalue weighted by Crippen LogP contribution is 2.34. The molecule has 1 aliphatic carbocycles. The number of thiocarbonyl (C=S) groups is 1. The van der Waals surface area contributed by atoms with Crippen LogP contribution in [-0.4, -0.2) is 46.2 Å². The second-order valence-electron chi connectivity index (χ2n) is 8.70. The molecule has 7 heteroatoms. The van der Waals surface area contributed by atoms with Crippen molar-refractivity contribution in [3.63, 3.8) is 0 Å². The minimum absolute atomic E-state index is 0.0233. The second kappa shape index (κ2) is 8.23. The van der Waals surface area contributed by atoms with Crippen LogP contribution in [0.3, 0.4) is 0 Å². The summed E-state index contributed by atoms with van der Waals surface area (Å²) in [6, 6.07) is 5.84. The lowest BCUT2D eigenvalue weighted by Crippen LogP contribution is -2.53. The van der Waals surface area contributed by atoms with Gasteiger partial charge in [0.05, 0.1) is 6.54 Å². The van der Waals surface area contributed by atoms with Crippen molar-refractivity contribution < 1.29 is 4.79 Å². The molecule has 1 saturated carbocycles. The average molecular weight is 403 g/mol. The Morgan fingerprint density at radius 2 is 2.04 bits per heavy atom. The van der Waals surface area contributed by atoms with E-state index in [0.29, 0.717) is 28.9 Å². The van der Waals surface area contributed by atoms with Gasteiger partial charge in [0.1, 0.15) is 0 Å². The molecular formula is C21H30N4O2S. The minimum atomic E-state index is 0.0233. The molecule has 1 aromatic rings. The maximum Gasteiger partial charge on any atom is 0.250 e. The van der Waals surface area contributed by atoms with E-state index in [1.807, 2.05) is 10.6 Å². The molecule has 0 unspecified atom stereocenters. The van der Waals surface area contributed by atoms with Crippen LogP contribution in [-0.2, 0) is 11.3 Å². The first kappa shape index (κ1) is 19.4. The Hall–Kier alpha value is -1.89. The number of aromatic nitrogens is 1. The third kappa shape index (κ3) is 4.09. The van der Waals surface area contributed by atoms with Crippen molar-refractivity contribution in [2.24, 2.45) is 11.8 Å². The maximum absolute atomic E-state index is 12.4. The predicted octanol–water partition coefficient (Wildman–Crippen LogP) is 1.84. The van der Waals surface area contributed by atoms with E-state index >= 15 is 0 Å². The van der Waals surface area contributed by atoms with Crippen LogP contribution in [0.4, 0.5) is 0 Å². The van der Waals surface area contributed by atoms with Gasteiger partial charge in [-0.15, -0.1) is 0 Å². The maximum atomic E-state index is 12.4. The molecule has 2 fully saturated rings. The summed E-state index contributed by atoms with van der Waals surface area (Å²) in [6.45, 7) is 4.84. The van der Waals surface area contributed by atoms with Gasteiger partial charge in [-0.05, 0) is 49.4 Å². The van der Waals surface area contributed by atoms with Crippen molar-refractivity contribution in [3.8, 4) is 0 Å². The summed E-state index contributed by atoms with van der Waals surface area (Å²) >= 11 is 5.59. The molecule has 152 valence electrons. The van der Waals surface area contributed by atoms with Gasteiger partial charge in [-0.1, -0.05) is 25.8 Å². The number of nitrogens with zero attached hydrogens (tertiary/aromatic N) is 2. The van der Waals surface area contributed by atoms with E-state index in [0.717, 1.165) is 38.2 Å². The van der Waals surface area contributed by atoms with Crippen LogP contribution in [0.2, 0.25) is 0 Å². The first-order chi connectivity index (χ1) is 13.5.